The summed E-state index contributed by atoms with van der Waals surface area (Å²) in [6.07, 6.45) is 2.39. The number of nitrogens with one attached hydrogen (secondary N) is 1. The average Bonchev–Trinajstić information content (AvgIpc) is 3.13. The Bertz CT molecular complexity index is 921. The van der Waals surface area contributed by atoms with Crippen LogP contribution in [0.2, 0.25) is 0 Å². The number of fused-ring (bicyclic) bond motifs is 2. The standard InChI is InChI=1S/C18H18N2O5/c21-15-6-3-11-8-13(4-5-14(11)25-15)19-17(24)20-9-12-2-1-7-18(12,10-20)16(22)23/h3-6,8,12H,1-2,7,9-10H2,(H,19,24)(H,22,23)/t12-,18+/m0/s1. The summed E-state index contributed by atoms with van der Waals surface area (Å²) in [6, 6.07) is 7.67. The zero-order chi connectivity index (χ0) is 17.6. The second-order valence-electron chi connectivity index (χ2n) is 6.87. The minimum atomic E-state index is -0.800. The lowest BCUT2D eigenvalue weighted by Crippen LogP contribution is -2.38. The second-order valence-corrected chi connectivity index (χ2v) is 6.87. The molecule has 1 aliphatic carbocycles. The van der Waals surface area contributed by atoms with Gasteiger partial charge in [0, 0.05) is 30.2 Å². The number of benzene rings is 1. The third-order valence-corrected chi connectivity index (χ3v) is 5.45. The van der Waals surface area contributed by atoms with E-state index in [-0.39, 0.29) is 18.5 Å². The monoisotopic (exact) mass is 342 g/mol. The van der Waals surface area contributed by atoms with Crippen molar-refractivity contribution in [3.63, 3.8) is 0 Å². The van der Waals surface area contributed by atoms with Crippen molar-refractivity contribution in [2.24, 2.45) is 11.3 Å². The zero-order valence-electron chi connectivity index (χ0n) is 13.5. The summed E-state index contributed by atoms with van der Waals surface area (Å²) in [4.78, 5) is 37.1. The number of hydrogen-bond donors (Lipinski definition) is 2. The first-order valence-electron chi connectivity index (χ1n) is 8.31. The molecular formula is C18H18N2O5. The highest BCUT2D eigenvalue weighted by Crippen LogP contribution is 2.48. The smallest absolute Gasteiger partial charge is 0.336 e. The lowest BCUT2D eigenvalue weighted by atomic mass is 9.81. The maximum Gasteiger partial charge on any atom is 0.336 e. The van der Waals surface area contributed by atoms with Crippen LogP contribution in [0.5, 0.6) is 0 Å². The molecule has 2 N–H and O–H groups in total. The Morgan fingerprint density at radius 2 is 2.12 bits per heavy atom. The molecule has 7 nitrogen and oxygen atoms in total. The predicted molar refractivity (Wildman–Crippen MR) is 90.5 cm³/mol. The number of carbonyl (C=O) groups excluding carboxylic acids is 1. The van der Waals surface area contributed by atoms with Gasteiger partial charge in [0.15, 0.2) is 0 Å². The van der Waals surface area contributed by atoms with Gasteiger partial charge in [-0.15, -0.1) is 0 Å². The maximum absolute atomic E-state index is 12.5. The Morgan fingerprint density at radius 3 is 2.88 bits per heavy atom. The van der Waals surface area contributed by atoms with E-state index in [1.165, 1.54) is 6.07 Å². The maximum atomic E-state index is 12.5. The van der Waals surface area contributed by atoms with Gasteiger partial charge in [-0.3, -0.25) is 4.79 Å². The van der Waals surface area contributed by atoms with E-state index in [2.05, 4.69) is 5.32 Å². The van der Waals surface area contributed by atoms with Crippen molar-refractivity contribution < 1.29 is 19.1 Å². The van der Waals surface area contributed by atoms with Gasteiger partial charge >= 0.3 is 17.6 Å². The minimum Gasteiger partial charge on any atom is -0.481 e. The van der Waals surface area contributed by atoms with Gasteiger partial charge in [0.2, 0.25) is 0 Å². The zero-order valence-corrected chi connectivity index (χ0v) is 13.5. The number of nitrogens with zero attached hydrogens (tertiary/aromatic N) is 1. The fraction of sp³-hybridized carbons (Fsp3) is 0.389. The first-order chi connectivity index (χ1) is 12.0. The van der Waals surface area contributed by atoms with Crippen LogP contribution in [-0.2, 0) is 4.79 Å². The van der Waals surface area contributed by atoms with Crippen LogP contribution in [0, 0.1) is 11.3 Å². The summed E-state index contributed by atoms with van der Waals surface area (Å²) in [7, 11) is 0. The van der Waals surface area contributed by atoms with Crippen LogP contribution in [0.3, 0.4) is 0 Å². The number of aliphatic carboxylic acids is 1. The van der Waals surface area contributed by atoms with Crippen molar-refractivity contribution in [1.29, 1.82) is 0 Å². The third-order valence-electron chi connectivity index (χ3n) is 5.45. The summed E-state index contributed by atoms with van der Waals surface area (Å²) in [5.41, 5.74) is -0.185. The van der Waals surface area contributed by atoms with Crippen LogP contribution in [-0.4, -0.2) is 35.1 Å². The molecule has 0 spiro atoms. The largest absolute Gasteiger partial charge is 0.481 e. The van der Waals surface area contributed by atoms with Gasteiger partial charge in [0.1, 0.15) is 5.58 Å². The molecule has 0 radical (unpaired) electrons. The number of hydrogen-bond acceptors (Lipinski definition) is 4. The highest BCUT2D eigenvalue weighted by Gasteiger charge is 2.55. The Balaban J connectivity index is 1.52. The van der Waals surface area contributed by atoms with Crippen LogP contribution in [0.15, 0.2) is 39.5 Å². The van der Waals surface area contributed by atoms with Gasteiger partial charge in [-0.1, -0.05) is 6.42 Å². The van der Waals surface area contributed by atoms with E-state index < -0.39 is 17.0 Å². The Morgan fingerprint density at radius 1 is 1.28 bits per heavy atom. The summed E-state index contributed by atoms with van der Waals surface area (Å²) in [5.74, 6) is -0.771. The van der Waals surface area contributed by atoms with Crippen molar-refractivity contribution in [3.05, 3.63) is 40.8 Å². The summed E-state index contributed by atoms with van der Waals surface area (Å²) in [6.45, 7) is 0.724. The first kappa shape index (κ1) is 15.7. The van der Waals surface area contributed by atoms with Gasteiger partial charge < -0.3 is 19.7 Å². The number of urea groups is 1. The number of rotatable bonds is 2. The van der Waals surface area contributed by atoms with Crippen molar-refractivity contribution in [3.8, 4) is 0 Å². The molecule has 1 aromatic heterocycles. The molecule has 2 atom stereocenters. The lowest BCUT2D eigenvalue weighted by Gasteiger charge is -2.23. The predicted octanol–water partition coefficient (Wildman–Crippen LogP) is 2.51. The third kappa shape index (κ3) is 2.56. The topological polar surface area (TPSA) is 99.9 Å². The Labute approximate surface area is 143 Å². The number of amides is 2. The van der Waals surface area contributed by atoms with Crippen LogP contribution in [0.25, 0.3) is 11.0 Å². The Hall–Kier alpha value is -2.83. The van der Waals surface area contributed by atoms with E-state index in [9.17, 15) is 19.5 Å². The number of carboxylic acid groups (broad SMARTS) is 1. The lowest BCUT2D eigenvalue weighted by molar-refractivity contribution is -0.149. The van der Waals surface area contributed by atoms with Crippen molar-refractivity contribution in [2.75, 3.05) is 18.4 Å². The molecule has 1 saturated heterocycles. The van der Waals surface area contributed by atoms with Gasteiger partial charge in [0.25, 0.3) is 0 Å². The quantitative estimate of drug-likeness (QED) is 0.817. The molecule has 1 aliphatic heterocycles. The van der Waals surface area contributed by atoms with Crippen LogP contribution in [0.1, 0.15) is 19.3 Å². The van der Waals surface area contributed by atoms with Crippen LogP contribution in [0.4, 0.5) is 10.5 Å². The van der Waals surface area contributed by atoms with E-state index >= 15 is 0 Å². The van der Waals surface area contributed by atoms with E-state index in [0.717, 1.165) is 12.8 Å². The summed E-state index contributed by atoms with van der Waals surface area (Å²) >= 11 is 0. The van der Waals surface area contributed by atoms with E-state index in [4.69, 9.17) is 4.42 Å². The molecule has 2 aromatic rings. The highest BCUT2D eigenvalue weighted by atomic mass is 16.4. The molecule has 1 saturated carbocycles. The average molecular weight is 342 g/mol. The molecule has 0 unspecified atom stereocenters. The first-order valence-corrected chi connectivity index (χ1v) is 8.31. The van der Waals surface area contributed by atoms with Crippen LogP contribution < -0.4 is 10.9 Å². The van der Waals surface area contributed by atoms with E-state index in [1.807, 2.05) is 0 Å². The molecule has 25 heavy (non-hydrogen) atoms. The molecule has 2 fully saturated rings. The molecule has 4 rings (SSSR count). The van der Waals surface area contributed by atoms with Crippen molar-refractivity contribution >= 4 is 28.7 Å². The second kappa shape index (κ2) is 5.61. The number of carbonyl (C=O) groups is 2. The molecule has 2 amide bonds. The normalized spacial score (nSPS) is 25.1. The van der Waals surface area contributed by atoms with E-state index in [1.54, 1.807) is 29.2 Å². The molecule has 1 aromatic carbocycles. The summed E-state index contributed by atoms with van der Waals surface area (Å²) in [5, 5.41) is 13.1. The van der Waals surface area contributed by atoms with E-state index in [0.29, 0.717) is 29.6 Å². The number of anilines is 1. The molecule has 2 heterocycles. The fourth-order valence-corrected chi connectivity index (χ4v) is 4.15. The van der Waals surface area contributed by atoms with Gasteiger partial charge in [0.05, 0.1) is 5.41 Å². The number of carboxylic acids is 1. The molecule has 7 heteroatoms. The number of likely N-dealkylation sites (tertiary alicyclic amines) is 1. The van der Waals surface area contributed by atoms with Crippen LogP contribution >= 0.6 is 0 Å². The molecular weight excluding hydrogens is 324 g/mol. The molecule has 0 bridgehead atoms. The Kier molecular flexibility index (Phi) is 3.52. The SMILES string of the molecule is O=C(Nc1ccc2oc(=O)ccc2c1)N1C[C@@H]2CCC[C@@]2(C(=O)O)C1. The van der Waals surface area contributed by atoms with Gasteiger partial charge in [-0.2, -0.15) is 0 Å². The minimum absolute atomic E-state index is 0.0293. The van der Waals surface area contributed by atoms with Crippen molar-refractivity contribution in [1.82, 2.24) is 4.90 Å². The van der Waals surface area contributed by atoms with Crippen molar-refractivity contribution in [2.45, 2.75) is 19.3 Å². The van der Waals surface area contributed by atoms with Gasteiger partial charge in [-0.05, 0) is 43.0 Å². The highest BCUT2D eigenvalue weighted by molar-refractivity contribution is 5.93. The fourth-order valence-electron chi connectivity index (χ4n) is 4.15. The molecule has 130 valence electrons. The molecule has 2 aliphatic rings. The summed E-state index contributed by atoms with van der Waals surface area (Å²) < 4.78 is 5.07. The van der Waals surface area contributed by atoms with Gasteiger partial charge in [-0.25, -0.2) is 9.59 Å².